The Morgan fingerprint density at radius 2 is 1.64 bits per heavy atom. The fourth-order valence-electron chi connectivity index (χ4n) is 1.02. The highest BCUT2D eigenvalue weighted by Crippen LogP contribution is 2.35. The highest BCUT2D eigenvalue weighted by molar-refractivity contribution is 4.93. The number of hydrogen-bond donors (Lipinski definition) is 1. The summed E-state index contributed by atoms with van der Waals surface area (Å²) in [5.41, 5.74) is 3.12. The maximum atomic E-state index is 12.1. The summed E-state index contributed by atoms with van der Waals surface area (Å²) in [6.45, 7) is 0.214. The number of halogens is 3. The van der Waals surface area contributed by atoms with E-state index in [0.717, 1.165) is 0 Å². The molecule has 2 N–H and O–H groups in total. The predicted octanol–water partition coefficient (Wildman–Crippen LogP) is 1.06. The number of rotatable bonds is 0. The summed E-state index contributed by atoms with van der Waals surface area (Å²) in [7, 11) is 0. The lowest BCUT2D eigenvalue weighted by Crippen LogP contribution is -2.56. The Morgan fingerprint density at radius 3 is 1.91 bits per heavy atom. The van der Waals surface area contributed by atoms with Crippen LogP contribution < -0.4 is 5.73 Å². The molecule has 66 valence electrons. The van der Waals surface area contributed by atoms with E-state index in [-0.39, 0.29) is 26.1 Å². The van der Waals surface area contributed by atoms with Gasteiger partial charge < -0.3 is 10.5 Å². The van der Waals surface area contributed by atoms with Gasteiger partial charge in [0.25, 0.3) is 0 Å². The average molecular weight is 169 g/mol. The second kappa shape index (κ2) is 2.64. The van der Waals surface area contributed by atoms with E-state index >= 15 is 0 Å². The first-order chi connectivity index (χ1) is 4.96. The molecule has 1 saturated heterocycles. The zero-order chi connectivity index (χ0) is 8.54. The van der Waals surface area contributed by atoms with Crippen LogP contribution in [0, 0.1) is 0 Å². The van der Waals surface area contributed by atoms with Gasteiger partial charge in [0.05, 0.1) is 0 Å². The van der Waals surface area contributed by atoms with Gasteiger partial charge in [0, 0.05) is 13.2 Å². The largest absolute Gasteiger partial charge is 0.406 e. The van der Waals surface area contributed by atoms with E-state index in [9.17, 15) is 13.2 Å². The summed E-state index contributed by atoms with van der Waals surface area (Å²) in [5, 5.41) is 0. The van der Waals surface area contributed by atoms with Gasteiger partial charge in [-0.1, -0.05) is 0 Å². The zero-order valence-electron chi connectivity index (χ0n) is 5.95. The van der Waals surface area contributed by atoms with Crippen molar-refractivity contribution >= 4 is 0 Å². The van der Waals surface area contributed by atoms with Crippen LogP contribution in [-0.4, -0.2) is 24.9 Å². The Hall–Kier alpha value is -0.290. The van der Waals surface area contributed by atoms with Crippen LogP contribution in [0.25, 0.3) is 0 Å². The molecule has 0 spiro atoms. The maximum Gasteiger partial charge on any atom is 0.406 e. The van der Waals surface area contributed by atoms with E-state index in [1.54, 1.807) is 0 Å². The van der Waals surface area contributed by atoms with Crippen molar-refractivity contribution < 1.29 is 17.9 Å². The van der Waals surface area contributed by atoms with Crippen molar-refractivity contribution in [2.75, 3.05) is 13.2 Å². The van der Waals surface area contributed by atoms with Crippen LogP contribution >= 0.6 is 0 Å². The second-order valence-corrected chi connectivity index (χ2v) is 2.77. The first-order valence-electron chi connectivity index (χ1n) is 3.39. The van der Waals surface area contributed by atoms with E-state index in [1.807, 2.05) is 0 Å². The lowest BCUT2D eigenvalue weighted by atomic mass is 9.91. The van der Waals surface area contributed by atoms with Gasteiger partial charge >= 0.3 is 6.18 Å². The van der Waals surface area contributed by atoms with Gasteiger partial charge in [-0.05, 0) is 12.8 Å². The number of nitrogens with two attached hydrogens (primary N) is 1. The molecule has 0 bridgehead atoms. The molecule has 0 unspecified atom stereocenters. The fourth-order valence-corrected chi connectivity index (χ4v) is 1.02. The Bertz CT molecular complexity index is 139. The molecule has 2 nitrogen and oxygen atoms in total. The predicted molar refractivity (Wildman–Crippen MR) is 33.0 cm³/mol. The van der Waals surface area contributed by atoms with Crippen molar-refractivity contribution in [3.05, 3.63) is 0 Å². The Kier molecular flexibility index (Phi) is 2.11. The molecule has 0 atom stereocenters. The van der Waals surface area contributed by atoms with Crippen LogP contribution in [0.15, 0.2) is 0 Å². The molecule has 0 aliphatic carbocycles. The molecule has 0 saturated carbocycles. The SMILES string of the molecule is NC1(C(F)(F)F)CCOCC1. The highest BCUT2D eigenvalue weighted by Gasteiger charge is 2.52. The lowest BCUT2D eigenvalue weighted by Gasteiger charge is -2.34. The molecular formula is C6H10F3NO. The van der Waals surface area contributed by atoms with Gasteiger partial charge in [0.1, 0.15) is 5.54 Å². The molecule has 1 aliphatic heterocycles. The van der Waals surface area contributed by atoms with E-state index in [0.29, 0.717) is 0 Å². The smallest absolute Gasteiger partial charge is 0.381 e. The summed E-state index contributed by atoms with van der Waals surface area (Å²) >= 11 is 0. The van der Waals surface area contributed by atoms with Gasteiger partial charge in [-0.25, -0.2) is 0 Å². The lowest BCUT2D eigenvalue weighted by molar-refractivity contribution is -0.204. The molecule has 0 amide bonds. The van der Waals surface area contributed by atoms with E-state index < -0.39 is 11.7 Å². The van der Waals surface area contributed by atoms with Crippen molar-refractivity contribution in [1.29, 1.82) is 0 Å². The number of alkyl halides is 3. The highest BCUT2D eigenvalue weighted by atomic mass is 19.4. The van der Waals surface area contributed by atoms with Crippen LogP contribution in [0.5, 0.6) is 0 Å². The first-order valence-corrected chi connectivity index (χ1v) is 3.39. The molecule has 0 aromatic carbocycles. The van der Waals surface area contributed by atoms with Gasteiger partial charge in [-0.2, -0.15) is 13.2 Å². The third-order valence-corrected chi connectivity index (χ3v) is 1.95. The van der Waals surface area contributed by atoms with Crippen LogP contribution in [0.3, 0.4) is 0 Å². The van der Waals surface area contributed by atoms with Gasteiger partial charge in [0.2, 0.25) is 0 Å². The fraction of sp³-hybridized carbons (Fsp3) is 1.00. The third-order valence-electron chi connectivity index (χ3n) is 1.95. The van der Waals surface area contributed by atoms with Crippen molar-refractivity contribution in [3.8, 4) is 0 Å². The van der Waals surface area contributed by atoms with Crippen LogP contribution in [0.4, 0.5) is 13.2 Å². The third kappa shape index (κ3) is 1.65. The van der Waals surface area contributed by atoms with Crippen molar-refractivity contribution in [2.24, 2.45) is 5.73 Å². The minimum absolute atomic E-state index is 0.107. The topological polar surface area (TPSA) is 35.2 Å². The van der Waals surface area contributed by atoms with Crippen LogP contribution in [0.2, 0.25) is 0 Å². The molecule has 11 heavy (non-hydrogen) atoms. The van der Waals surface area contributed by atoms with Crippen molar-refractivity contribution in [1.82, 2.24) is 0 Å². The summed E-state index contributed by atoms with van der Waals surface area (Å²) in [6, 6.07) is 0. The monoisotopic (exact) mass is 169 g/mol. The minimum atomic E-state index is -4.29. The Balaban J connectivity index is 2.64. The maximum absolute atomic E-state index is 12.1. The second-order valence-electron chi connectivity index (χ2n) is 2.77. The van der Waals surface area contributed by atoms with E-state index in [4.69, 9.17) is 10.5 Å². The number of hydrogen-bond acceptors (Lipinski definition) is 2. The van der Waals surface area contributed by atoms with E-state index in [2.05, 4.69) is 0 Å². The normalized spacial score (nSPS) is 25.1. The summed E-state index contributed by atoms with van der Waals surface area (Å²) < 4.78 is 41.2. The van der Waals surface area contributed by atoms with Crippen LogP contribution in [0.1, 0.15) is 12.8 Å². The molecule has 1 aliphatic rings. The van der Waals surface area contributed by atoms with Crippen molar-refractivity contribution in [3.63, 3.8) is 0 Å². The first kappa shape index (κ1) is 8.80. The minimum Gasteiger partial charge on any atom is -0.381 e. The summed E-state index contributed by atoms with van der Waals surface area (Å²) in [4.78, 5) is 0. The standard InChI is InChI=1S/C6H10F3NO/c7-6(8,9)5(10)1-3-11-4-2-5/h1-4,10H2. The molecule has 1 fully saturated rings. The van der Waals surface area contributed by atoms with Gasteiger partial charge in [-0.3, -0.25) is 0 Å². The summed E-state index contributed by atoms with van der Waals surface area (Å²) in [6.07, 6.45) is -4.55. The molecule has 1 heterocycles. The van der Waals surface area contributed by atoms with Crippen molar-refractivity contribution in [2.45, 2.75) is 24.6 Å². The molecule has 5 heteroatoms. The molecular weight excluding hydrogens is 159 g/mol. The Labute approximate surface area is 62.5 Å². The Morgan fingerprint density at radius 1 is 1.18 bits per heavy atom. The molecule has 0 aromatic heterocycles. The number of ether oxygens (including phenoxy) is 1. The quantitative estimate of drug-likeness (QED) is 0.588. The molecule has 0 radical (unpaired) electrons. The molecule has 0 aromatic rings. The average Bonchev–Trinajstić information content (AvgIpc) is 1.87. The van der Waals surface area contributed by atoms with Gasteiger partial charge in [0.15, 0.2) is 0 Å². The van der Waals surface area contributed by atoms with E-state index in [1.165, 1.54) is 0 Å². The summed E-state index contributed by atoms with van der Waals surface area (Å²) in [5.74, 6) is 0. The van der Waals surface area contributed by atoms with Gasteiger partial charge in [-0.15, -0.1) is 0 Å². The van der Waals surface area contributed by atoms with Crippen LogP contribution in [-0.2, 0) is 4.74 Å². The molecule has 1 rings (SSSR count). The zero-order valence-corrected chi connectivity index (χ0v) is 5.95.